The van der Waals surface area contributed by atoms with Crippen molar-refractivity contribution >= 4 is 18.3 Å². The number of carbonyl (C=O) groups excluding carboxylic acids is 1. The molecule has 0 aromatic carbocycles. The second kappa shape index (κ2) is 11.5. The van der Waals surface area contributed by atoms with Crippen molar-refractivity contribution in [3.05, 3.63) is 0 Å². The molecule has 0 heterocycles. The van der Waals surface area contributed by atoms with Gasteiger partial charge in [0.1, 0.15) is 0 Å². The Morgan fingerprint density at radius 3 is 2.68 bits per heavy atom. The van der Waals surface area contributed by atoms with E-state index in [1.54, 1.807) is 0 Å². The summed E-state index contributed by atoms with van der Waals surface area (Å²) in [4.78, 5) is 11.4. The van der Waals surface area contributed by atoms with E-state index >= 15 is 0 Å². The van der Waals surface area contributed by atoms with E-state index in [9.17, 15) is 4.79 Å². The van der Waals surface area contributed by atoms with Crippen LogP contribution in [0.3, 0.4) is 0 Å². The lowest BCUT2D eigenvalue weighted by atomic mass is 9.98. The van der Waals surface area contributed by atoms with Gasteiger partial charge in [-0.1, -0.05) is 19.3 Å². The molecule has 1 atom stereocenters. The third-order valence-electron chi connectivity index (χ3n) is 3.38. The minimum absolute atomic E-state index is 0. The number of hydrogen-bond donors (Lipinski definition) is 2. The van der Waals surface area contributed by atoms with Gasteiger partial charge in [0.25, 0.3) is 0 Å². The Labute approximate surface area is 123 Å². The van der Waals surface area contributed by atoms with Gasteiger partial charge in [0.05, 0.1) is 6.10 Å². The number of nitrogens with one attached hydrogen (secondary N) is 1. The summed E-state index contributed by atoms with van der Waals surface area (Å²) in [6.07, 6.45) is 9.04. The first-order valence-corrected chi connectivity index (χ1v) is 7.32. The first-order valence-electron chi connectivity index (χ1n) is 7.32. The number of carbonyl (C=O) groups is 1. The van der Waals surface area contributed by atoms with Gasteiger partial charge in [-0.15, -0.1) is 12.4 Å². The van der Waals surface area contributed by atoms with E-state index in [0.29, 0.717) is 19.1 Å². The first kappa shape index (κ1) is 18.7. The van der Waals surface area contributed by atoms with Gasteiger partial charge in [0, 0.05) is 25.6 Å². The van der Waals surface area contributed by atoms with E-state index in [-0.39, 0.29) is 24.4 Å². The average molecular weight is 293 g/mol. The van der Waals surface area contributed by atoms with E-state index in [0.717, 1.165) is 19.4 Å². The third kappa shape index (κ3) is 10.2. The number of hydrogen-bond acceptors (Lipinski definition) is 3. The van der Waals surface area contributed by atoms with Gasteiger partial charge >= 0.3 is 0 Å². The van der Waals surface area contributed by atoms with Crippen molar-refractivity contribution in [3.8, 4) is 0 Å². The molecule has 0 bridgehead atoms. The molecule has 1 saturated carbocycles. The van der Waals surface area contributed by atoms with Crippen LogP contribution in [0.15, 0.2) is 0 Å². The highest BCUT2D eigenvalue weighted by atomic mass is 35.5. The van der Waals surface area contributed by atoms with Crippen LogP contribution in [-0.4, -0.2) is 31.2 Å². The Balaban J connectivity index is 0.00000324. The van der Waals surface area contributed by atoms with Gasteiger partial charge in [-0.25, -0.2) is 0 Å². The molecule has 5 heteroatoms. The normalized spacial score (nSPS) is 17.6. The smallest absolute Gasteiger partial charge is 0.220 e. The van der Waals surface area contributed by atoms with Crippen LogP contribution in [-0.2, 0) is 9.53 Å². The van der Waals surface area contributed by atoms with E-state index in [1.807, 2.05) is 6.92 Å². The highest BCUT2D eigenvalue weighted by Crippen LogP contribution is 2.20. The van der Waals surface area contributed by atoms with E-state index in [2.05, 4.69) is 5.32 Å². The lowest BCUT2D eigenvalue weighted by molar-refractivity contribution is -0.121. The lowest BCUT2D eigenvalue weighted by Gasteiger charge is -2.21. The zero-order valence-corrected chi connectivity index (χ0v) is 12.8. The van der Waals surface area contributed by atoms with E-state index in [1.165, 1.54) is 32.1 Å². The third-order valence-corrected chi connectivity index (χ3v) is 3.38. The second-order valence-corrected chi connectivity index (χ2v) is 5.35. The summed E-state index contributed by atoms with van der Waals surface area (Å²) in [6, 6.07) is 0.102. The number of amides is 1. The molecule has 0 radical (unpaired) electrons. The number of halogens is 1. The van der Waals surface area contributed by atoms with Crippen LogP contribution in [0.1, 0.15) is 58.3 Å². The molecule has 4 nitrogen and oxygen atoms in total. The van der Waals surface area contributed by atoms with Crippen molar-refractivity contribution in [2.45, 2.75) is 70.4 Å². The molecule has 1 unspecified atom stereocenters. The summed E-state index contributed by atoms with van der Waals surface area (Å²) in [5.74, 6) is 0.102. The quantitative estimate of drug-likeness (QED) is 0.675. The maximum atomic E-state index is 11.4. The molecule has 1 rings (SSSR count). The van der Waals surface area contributed by atoms with Crippen molar-refractivity contribution in [3.63, 3.8) is 0 Å². The zero-order valence-electron chi connectivity index (χ0n) is 12.0. The van der Waals surface area contributed by atoms with Crippen molar-refractivity contribution in [1.29, 1.82) is 0 Å². The van der Waals surface area contributed by atoms with Crippen molar-refractivity contribution in [2.24, 2.45) is 5.73 Å². The van der Waals surface area contributed by atoms with Crippen molar-refractivity contribution in [2.75, 3.05) is 13.2 Å². The predicted octanol–water partition coefficient (Wildman–Crippen LogP) is 2.39. The van der Waals surface area contributed by atoms with Crippen LogP contribution in [0, 0.1) is 0 Å². The summed E-state index contributed by atoms with van der Waals surface area (Å²) >= 11 is 0. The largest absolute Gasteiger partial charge is 0.378 e. The van der Waals surface area contributed by atoms with Gasteiger partial charge < -0.3 is 15.8 Å². The molecule has 1 aliphatic rings. The standard InChI is InChI=1S/C14H28N2O2.ClH/c1-12(15)8-9-14(17)16-10-5-11-18-13-6-3-2-4-7-13;/h12-13H,2-11,15H2,1H3,(H,16,17);1H. The Kier molecular flexibility index (Phi) is 11.3. The van der Waals surface area contributed by atoms with Gasteiger partial charge in [0.2, 0.25) is 5.91 Å². The molecule has 0 aliphatic heterocycles. The molecular weight excluding hydrogens is 264 g/mol. The van der Waals surface area contributed by atoms with Gasteiger partial charge in [-0.2, -0.15) is 0 Å². The zero-order chi connectivity index (χ0) is 13.2. The molecule has 0 spiro atoms. The van der Waals surface area contributed by atoms with Crippen molar-refractivity contribution in [1.82, 2.24) is 5.32 Å². The fourth-order valence-corrected chi connectivity index (χ4v) is 2.23. The van der Waals surface area contributed by atoms with Crippen LogP contribution < -0.4 is 11.1 Å². The SMILES string of the molecule is CC(N)CCC(=O)NCCCOC1CCCCC1.Cl. The van der Waals surface area contributed by atoms with Gasteiger partial charge in [0.15, 0.2) is 0 Å². The van der Waals surface area contributed by atoms with E-state index in [4.69, 9.17) is 10.5 Å². The van der Waals surface area contributed by atoms with Crippen LogP contribution in [0.2, 0.25) is 0 Å². The fourth-order valence-electron chi connectivity index (χ4n) is 2.23. The maximum absolute atomic E-state index is 11.4. The summed E-state index contributed by atoms with van der Waals surface area (Å²) < 4.78 is 5.79. The Bertz CT molecular complexity index is 231. The molecular formula is C14H29ClN2O2. The van der Waals surface area contributed by atoms with Crippen LogP contribution in [0.4, 0.5) is 0 Å². The number of rotatable bonds is 8. The monoisotopic (exact) mass is 292 g/mol. The Morgan fingerprint density at radius 1 is 1.37 bits per heavy atom. The van der Waals surface area contributed by atoms with Crippen LogP contribution >= 0.6 is 12.4 Å². The topological polar surface area (TPSA) is 64.4 Å². The summed E-state index contributed by atoms with van der Waals surface area (Å²) in [5.41, 5.74) is 5.60. The molecule has 114 valence electrons. The molecule has 1 aliphatic carbocycles. The lowest BCUT2D eigenvalue weighted by Crippen LogP contribution is -2.27. The fraction of sp³-hybridized carbons (Fsp3) is 0.929. The second-order valence-electron chi connectivity index (χ2n) is 5.35. The molecule has 0 aromatic rings. The highest BCUT2D eigenvalue weighted by Gasteiger charge is 2.13. The summed E-state index contributed by atoms with van der Waals surface area (Å²) in [6.45, 7) is 3.40. The van der Waals surface area contributed by atoms with E-state index < -0.39 is 0 Å². The Morgan fingerprint density at radius 2 is 2.05 bits per heavy atom. The van der Waals surface area contributed by atoms with Gasteiger partial charge in [-0.3, -0.25) is 4.79 Å². The average Bonchev–Trinajstić information content (AvgIpc) is 2.37. The molecule has 3 N–H and O–H groups in total. The number of ether oxygens (including phenoxy) is 1. The van der Waals surface area contributed by atoms with Crippen LogP contribution in [0.25, 0.3) is 0 Å². The van der Waals surface area contributed by atoms with Crippen LogP contribution in [0.5, 0.6) is 0 Å². The first-order chi connectivity index (χ1) is 8.68. The summed E-state index contributed by atoms with van der Waals surface area (Å²) in [5, 5.41) is 2.90. The molecule has 1 fully saturated rings. The molecule has 0 aromatic heterocycles. The molecule has 1 amide bonds. The summed E-state index contributed by atoms with van der Waals surface area (Å²) in [7, 11) is 0. The molecule has 0 saturated heterocycles. The number of nitrogens with two attached hydrogens (primary N) is 1. The van der Waals surface area contributed by atoms with Crippen molar-refractivity contribution < 1.29 is 9.53 Å². The Hall–Kier alpha value is -0.320. The maximum Gasteiger partial charge on any atom is 0.220 e. The molecule has 19 heavy (non-hydrogen) atoms. The minimum Gasteiger partial charge on any atom is -0.378 e. The minimum atomic E-state index is 0. The predicted molar refractivity (Wildman–Crippen MR) is 80.6 cm³/mol. The highest BCUT2D eigenvalue weighted by molar-refractivity contribution is 5.85. The van der Waals surface area contributed by atoms with Gasteiger partial charge in [-0.05, 0) is 32.6 Å².